The molecule has 3 aromatic rings. The fraction of sp³-hybridized carbons (Fsp3) is 0.444. The number of nitrogens with one attached hydrogen (secondary N) is 1. The van der Waals surface area contributed by atoms with Crippen molar-refractivity contribution in [2.45, 2.75) is 64.8 Å². The lowest BCUT2D eigenvalue weighted by Gasteiger charge is -2.47. The first-order valence-corrected chi connectivity index (χ1v) is 12.2. The third-order valence-corrected chi connectivity index (χ3v) is 6.65. The molecule has 1 aliphatic rings. The van der Waals surface area contributed by atoms with Crippen molar-refractivity contribution in [3.63, 3.8) is 0 Å². The first-order valence-electron chi connectivity index (χ1n) is 12.2. The Morgan fingerprint density at radius 1 is 1.15 bits per heavy atom. The summed E-state index contributed by atoms with van der Waals surface area (Å²) < 4.78 is 28.8. The molecule has 12 nitrogen and oxygen atoms in total. The zero-order valence-corrected chi connectivity index (χ0v) is 22.7. The third-order valence-electron chi connectivity index (χ3n) is 6.65. The van der Waals surface area contributed by atoms with E-state index in [0.717, 1.165) is 5.69 Å². The molecule has 4 rings (SSSR count). The number of oxime groups is 1. The number of nitrogens with zero attached hydrogens (tertiary/aromatic N) is 1. The minimum Gasteiger partial charge on any atom is -0.506 e. The fourth-order valence-corrected chi connectivity index (χ4v) is 4.74. The first-order chi connectivity index (χ1) is 18.4. The van der Waals surface area contributed by atoms with E-state index in [1.54, 1.807) is 39.8 Å². The van der Waals surface area contributed by atoms with Crippen LogP contribution in [-0.4, -0.2) is 71.3 Å². The van der Waals surface area contributed by atoms with Gasteiger partial charge in [-0.25, -0.2) is 9.59 Å². The lowest BCUT2D eigenvalue weighted by atomic mass is 9.89. The molecule has 0 saturated carbocycles. The van der Waals surface area contributed by atoms with Crippen molar-refractivity contribution in [2.75, 3.05) is 14.2 Å². The highest BCUT2D eigenvalue weighted by Crippen LogP contribution is 2.38. The van der Waals surface area contributed by atoms with E-state index < -0.39 is 41.8 Å². The van der Waals surface area contributed by atoms with Gasteiger partial charge < -0.3 is 43.4 Å². The van der Waals surface area contributed by atoms with Crippen molar-refractivity contribution in [3.8, 4) is 11.5 Å². The van der Waals surface area contributed by atoms with Gasteiger partial charge in [-0.15, -0.1) is 0 Å². The summed E-state index contributed by atoms with van der Waals surface area (Å²) in [6.07, 6.45) is -4.71. The number of H-pyrrole nitrogens is 1. The molecule has 3 heterocycles. The minimum absolute atomic E-state index is 0.0772. The van der Waals surface area contributed by atoms with Crippen molar-refractivity contribution in [1.82, 2.24) is 4.98 Å². The number of methoxy groups -OCH3 is 1. The number of carbonyl (C=O) groups excluding carboxylic acids is 1. The number of carbonyl (C=O) groups is 1. The Labute approximate surface area is 224 Å². The van der Waals surface area contributed by atoms with Gasteiger partial charge in [0.05, 0.1) is 16.7 Å². The molecule has 1 aromatic carbocycles. The summed E-state index contributed by atoms with van der Waals surface area (Å²) in [6, 6.07) is 6.36. The molecule has 0 radical (unpaired) electrons. The Hall–Kier alpha value is -3.87. The number of aliphatic hydroxyl groups excluding tert-OH is 1. The summed E-state index contributed by atoms with van der Waals surface area (Å²) in [6.45, 7) is 8.37. The maximum absolute atomic E-state index is 12.8. The number of aromatic nitrogens is 1. The van der Waals surface area contributed by atoms with Crippen LogP contribution < -0.4 is 10.4 Å². The normalized spacial score (nSPS) is 23.0. The van der Waals surface area contributed by atoms with Gasteiger partial charge in [-0.3, -0.25) is 0 Å². The van der Waals surface area contributed by atoms with Gasteiger partial charge in [0.25, 0.3) is 0 Å². The van der Waals surface area contributed by atoms with Gasteiger partial charge in [-0.1, -0.05) is 5.16 Å². The largest absolute Gasteiger partial charge is 0.506 e. The Morgan fingerprint density at radius 2 is 1.87 bits per heavy atom. The van der Waals surface area contributed by atoms with Gasteiger partial charge in [-0.05, 0) is 58.9 Å². The van der Waals surface area contributed by atoms with E-state index in [1.165, 1.54) is 33.3 Å². The third kappa shape index (κ3) is 5.22. The Balaban J connectivity index is 1.67. The number of hydrogen-bond acceptors (Lipinski definition) is 11. The van der Waals surface area contributed by atoms with Crippen molar-refractivity contribution in [3.05, 3.63) is 57.2 Å². The van der Waals surface area contributed by atoms with Gasteiger partial charge in [0.2, 0.25) is 6.29 Å². The zero-order valence-electron chi connectivity index (χ0n) is 22.7. The maximum atomic E-state index is 12.8. The molecule has 2 aromatic heterocycles. The molecule has 1 aliphatic heterocycles. The first kappa shape index (κ1) is 28.1. The van der Waals surface area contributed by atoms with Crippen LogP contribution in [0.1, 0.15) is 48.1 Å². The average Bonchev–Trinajstić information content (AvgIpc) is 3.30. The van der Waals surface area contributed by atoms with E-state index in [4.69, 9.17) is 28.2 Å². The number of aromatic amines is 1. The van der Waals surface area contributed by atoms with E-state index in [-0.39, 0.29) is 39.4 Å². The van der Waals surface area contributed by atoms with E-state index in [2.05, 4.69) is 10.1 Å². The standard InChI is InChI=1S/C27H32N2O10/c1-12-8-10-16(28-12)24(32)38-22-20(31)26(39-27(4,5)23(22)34-6)36-17-11-9-15-19(30)18(14(3)29-35-7)25(33)37-21(15)13(17)2/h8-11,20,22-23,26,28,30-31H,1-7H3/b29-14+/t20-,22+,23-,26-/m1/s1. The van der Waals surface area contributed by atoms with E-state index in [0.29, 0.717) is 5.56 Å². The van der Waals surface area contributed by atoms with Crippen LogP contribution in [0, 0.1) is 13.8 Å². The highest BCUT2D eigenvalue weighted by molar-refractivity contribution is 6.04. The molecule has 210 valence electrons. The van der Waals surface area contributed by atoms with E-state index in [9.17, 15) is 19.8 Å². The van der Waals surface area contributed by atoms with Crippen LogP contribution in [0.15, 0.2) is 38.6 Å². The van der Waals surface area contributed by atoms with E-state index >= 15 is 0 Å². The van der Waals surface area contributed by atoms with Crippen LogP contribution in [0.5, 0.6) is 11.5 Å². The summed E-state index contributed by atoms with van der Waals surface area (Å²) in [4.78, 5) is 33.1. The fourth-order valence-electron chi connectivity index (χ4n) is 4.74. The Kier molecular flexibility index (Phi) is 7.73. The summed E-state index contributed by atoms with van der Waals surface area (Å²) >= 11 is 0. The monoisotopic (exact) mass is 544 g/mol. The SMILES string of the molecule is CO/N=C(\C)c1c(O)c2ccc(O[C@@H]3OC(C)(C)[C@H](OC)[C@@H](OC(=O)c4ccc(C)[nH]4)[C@H]3O)c(C)c2oc1=O. The summed E-state index contributed by atoms with van der Waals surface area (Å²) in [5, 5.41) is 25.9. The average molecular weight is 545 g/mol. The number of aromatic hydroxyl groups is 1. The molecule has 1 saturated heterocycles. The van der Waals surface area contributed by atoms with Crippen LogP contribution in [0.4, 0.5) is 0 Å². The predicted octanol–water partition coefficient (Wildman–Crippen LogP) is 2.93. The number of ether oxygens (including phenoxy) is 4. The van der Waals surface area contributed by atoms with Gasteiger partial charge in [0.1, 0.15) is 41.6 Å². The van der Waals surface area contributed by atoms with E-state index in [1.807, 2.05) is 0 Å². The molecule has 0 bridgehead atoms. The Bertz CT molecular complexity index is 1470. The summed E-state index contributed by atoms with van der Waals surface area (Å²) in [7, 11) is 2.75. The van der Waals surface area contributed by atoms with Gasteiger partial charge >= 0.3 is 11.6 Å². The number of aliphatic hydroxyl groups is 1. The number of benzene rings is 1. The van der Waals surface area contributed by atoms with Crippen LogP contribution in [0.25, 0.3) is 11.0 Å². The molecule has 12 heteroatoms. The second-order valence-electron chi connectivity index (χ2n) is 9.82. The maximum Gasteiger partial charge on any atom is 0.355 e. The molecule has 0 unspecified atom stereocenters. The molecule has 1 fully saturated rings. The predicted molar refractivity (Wildman–Crippen MR) is 139 cm³/mol. The van der Waals surface area contributed by atoms with Crippen LogP contribution in [-0.2, 0) is 19.0 Å². The highest BCUT2D eigenvalue weighted by atomic mass is 16.7. The summed E-state index contributed by atoms with van der Waals surface area (Å²) in [5.74, 6) is -0.785. The molecular formula is C27H32N2O10. The second-order valence-corrected chi connectivity index (χ2v) is 9.82. The molecular weight excluding hydrogens is 512 g/mol. The molecule has 0 amide bonds. The lowest BCUT2D eigenvalue weighted by molar-refractivity contribution is -0.305. The molecule has 0 spiro atoms. The van der Waals surface area contributed by atoms with Gasteiger partial charge in [-0.2, -0.15) is 0 Å². The molecule has 3 N–H and O–H groups in total. The number of fused-ring (bicyclic) bond motifs is 1. The van der Waals surface area contributed by atoms with Crippen LogP contribution >= 0.6 is 0 Å². The van der Waals surface area contributed by atoms with Crippen molar-refractivity contribution in [2.24, 2.45) is 5.16 Å². The summed E-state index contributed by atoms with van der Waals surface area (Å²) in [5.41, 5.74) is -0.399. The smallest absolute Gasteiger partial charge is 0.355 e. The quantitative estimate of drug-likeness (QED) is 0.174. The van der Waals surface area contributed by atoms with Crippen LogP contribution in [0.3, 0.4) is 0 Å². The van der Waals surface area contributed by atoms with Crippen LogP contribution in [0.2, 0.25) is 0 Å². The molecule has 39 heavy (non-hydrogen) atoms. The van der Waals surface area contributed by atoms with Gasteiger partial charge in [0.15, 0.2) is 12.2 Å². The zero-order chi connectivity index (χ0) is 28.6. The van der Waals surface area contributed by atoms with Crippen molar-refractivity contribution >= 4 is 22.7 Å². The Morgan fingerprint density at radius 3 is 2.49 bits per heavy atom. The van der Waals surface area contributed by atoms with Crippen molar-refractivity contribution < 1.29 is 43.2 Å². The highest BCUT2D eigenvalue weighted by Gasteiger charge is 2.53. The van der Waals surface area contributed by atoms with Gasteiger partial charge in [0, 0.05) is 18.4 Å². The number of aryl methyl sites for hydroxylation is 2. The second kappa shape index (κ2) is 10.7. The number of rotatable bonds is 7. The van der Waals surface area contributed by atoms with Crippen molar-refractivity contribution in [1.29, 1.82) is 0 Å². The topological polar surface area (TPSA) is 162 Å². The number of esters is 1. The lowest BCUT2D eigenvalue weighted by Crippen LogP contribution is -2.65. The minimum atomic E-state index is -1.45. The molecule has 4 atom stereocenters. The molecule has 0 aliphatic carbocycles. The number of hydrogen-bond donors (Lipinski definition) is 3.